The minimum atomic E-state index is -0.482. The molecule has 0 amide bonds. The van der Waals surface area contributed by atoms with Gasteiger partial charge in [-0.1, -0.05) is 0 Å². The fourth-order valence-electron chi connectivity index (χ4n) is 2.02. The van der Waals surface area contributed by atoms with E-state index in [4.69, 9.17) is 4.74 Å². The van der Waals surface area contributed by atoms with E-state index in [1.54, 1.807) is 11.6 Å². The minimum Gasteiger partial charge on any atom is -0.376 e. The highest BCUT2D eigenvalue weighted by Crippen LogP contribution is 2.24. The topological polar surface area (TPSA) is 82.2 Å². The molecule has 0 radical (unpaired) electrons. The van der Waals surface area contributed by atoms with Crippen molar-refractivity contribution in [2.24, 2.45) is 7.05 Å². The molecule has 0 bridgehead atoms. The Labute approximate surface area is 98.9 Å². The van der Waals surface area contributed by atoms with Gasteiger partial charge in [0.05, 0.1) is 12.1 Å². The van der Waals surface area contributed by atoms with Crippen LogP contribution < -0.4 is 5.32 Å². The van der Waals surface area contributed by atoms with Crippen molar-refractivity contribution in [3.05, 3.63) is 16.4 Å². The van der Waals surface area contributed by atoms with Gasteiger partial charge in [0.2, 0.25) is 12.1 Å². The van der Waals surface area contributed by atoms with Crippen LogP contribution in [0.5, 0.6) is 0 Å². The largest absolute Gasteiger partial charge is 0.406 e. The van der Waals surface area contributed by atoms with Crippen LogP contribution in [0.1, 0.15) is 19.8 Å². The number of nitrogens with zero attached hydrogens (tertiary/aromatic N) is 3. The maximum absolute atomic E-state index is 10.8. The first kappa shape index (κ1) is 11.8. The molecule has 1 aromatic heterocycles. The molecule has 94 valence electrons. The molecule has 1 saturated heterocycles. The summed E-state index contributed by atoms with van der Waals surface area (Å²) in [5, 5.41) is 13.9. The average molecular weight is 240 g/mol. The Morgan fingerprint density at radius 2 is 2.53 bits per heavy atom. The summed E-state index contributed by atoms with van der Waals surface area (Å²) in [6, 6.07) is 0.0339. The summed E-state index contributed by atoms with van der Waals surface area (Å²) in [6.45, 7) is 2.73. The third-order valence-electron chi connectivity index (χ3n) is 2.98. The molecule has 1 aromatic rings. The van der Waals surface area contributed by atoms with Gasteiger partial charge in [-0.05, 0) is 29.7 Å². The lowest BCUT2D eigenvalue weighted by molar-refractivity contribution is -0.388. The fraction of sp³-hybridized carbons (Fsp3) is 0.700. The van der Waals surface area contributed by atoms with Crippen molar-refractivity contribution < 1.29 is 9.66 Å². The number of nitro groups is 1. The first-order valence-electron chi connectivity index (χ1n) is 5.63. The molecule has 2 rings (SSSR count). The van der Waals surface area contributed by atoms with E-state index in [1.807, 2.05) is 6.92 Å². The summed E-state index contributed by atoms with van der Waals surface area (Å²) < 4.78 is 7.16. The summed E-state index contributed by atoms with van der Waals surface area (Å²) >= 11 is 0. The molecule has 2 unspecified atom stereocenters. The van der Waals surface area contributed by atoms with Gasteiger partial charge in [0.1, 0.15) is 0 Å². The van der Waals surface area contributed by atoms with Gasteiger partial charge in [-0.25, -0.2) is 0 Å². The predicted molar refractivity (Wildman–Crippen MR) is 61.9 cm³/mol. The van der Waals surface area contributed by atoms with Gasteiger partial charge in [0.15, 0.2) is 0 Å². The van der Waals surface area contributed by atoms with Crippen LogP contribution in [-0.4, -0.2) is 33.2 Å². The van der Waals surface area contributed by atoms with Crippen molar-refractivity contribution in [2.75, 3.05) is 11.9 Å². The SMILES string of the molecule is CC(Nc1c([N+](=O)[O-])ncn1C)C1CCCO1. The molecule has 1 aliphatic rings. The van der Waals surface area contributed by atoms with Gasteiger partial charge in [0.25, 0.3) is 0 Å². The second-order valence-corrected chi connectivity index (χ2v) is 4.27. The van der Waals surface area contributed by atoms with Crippen LogP contribution in [0, 0.1) is 10.1 Å². The standard InChI is InChI=1S/C10H16N4O3/c1-7(8-4-3-5-17-8)12-10-9(14(15)16)11-6-13(10)2/h6-8,12H,3-5H2,1-2H3. The van der Waals surface area contributed by atoms with Crippen molar-refractivity contribution in [1.82, 2.24) is 9.55 Å². The number of ether oxygens (including phenoxy) is 1. The van der Waals surface area contributed by atoms with Gasteiger partial charge >= 0.3 is 5.82 Å². The Morgan fingerprint density at radius 1 is 1.76 bits per heavy atom. The van der Waals surface area contributed by atoms with Crippen LogP contribution in [0.4, 0.5) is 11.6 Å². The van der Waals surface area contributed by atoms with Crippen molar-refractivity contribution in [1.29, 1.82) is 0 Å². The number of hydrogen-bond acceptors (Lipinski definition) is 5. The number of nitrogens with one attached hydrogen (secondary N) is 1. The quantitative estimate of drug-likeness (QED) is 0.633. The molecule has 1 N–H and O–H groups in total. The van der Waals surface area contributed by atoms with Crippen LogP contribution in [-0.2, 0) is 11.8 Å². The number of rotatable bonds is 4. The number of anilines is 1. The Kier molecular flexibility index (Phi) is 3.28. The number of imidazole rings is 1. The lowest BCUT2D eigenvalue weighted by Gasteiger charge is -2.20. The van der Waals surface area contributed by atoms with Gasteiger partial charge in [-0.2, -0.15) is 0 Å². The molecule has 0 saturated carbocycles. The molecule has 0 aliphatic carbocycles. The summed E-state index contributed by atoms with van der Waals surface area (Å²) in [5.74, 6) is 0.287. The zero-order chi connectivity index (χ0) is 12.4. The van der Waals surface area contributed by atoms with E-state index in [-0.39, 0.29) is 18.0 Å². The van der Waals surface area contributed by atoms with Crippen LogP contribution in [0.25, 0.3) is 0 Å². The molecule has 0 spiro atoms. The Balaban J connectivity index is 2.11. The molecular weight excluding hydrogens is 224 g/mol. The third kappa shape index (κ3) is 2.38. The molecule has 1 aliphatic heterocycles. The van der Waals surface area contributed by atoms with Crippen LogP contribution >= 0.6 is 0 Å². The monoisotopic (exact) mass is 240 g/mol. The van der Waals surface area contributed by atoms with Crippen molar-refractivity contribution in [2.45, 2.75) is 31.9 Å². The zero-order valence-electron chi connectivity index (χ0n) is 9.92. The molecule has 1 fully saturated rings. The first-order chi connectivity index (χ1) is 8.09. The molecule has 7 heteroatoms. The van der Waals surface area contributed by atoms with E-state index in [1.165, 1.54) is 6.33 Å². The minimum absolute atomic E-state index is 0.0339. The highest BCUT2D eigenvalue weighted by atomic mass is 16.6. The fourth-order valence-corrected chi connectivity index (χ4v) is 2.02. The van der Waals surface area contributed by atoms with E-state index < -0.39 is 4.92 Å². The summed E-state index contributed by atoms with van der Waals surface area (Å²) in [4.78, 5) is 14.1. The summed E-state index contributed by atoms with van der Waals surface area (Å²) in [5.41, 5.74) is 0. The summed E-state index contributed by atoms with van der Waals surface area (Å²) in [6.07, 6.45) is 3.58. The Bertz CT molecular complexity index is 412. The molecule has 17 heavy (non-hydrogen) atoms. The van der Waals surface area contributed by atoms with Crippen molar-refractivity contribution >= 4 is 11.6 Å². The van der Waals surface area contributed by atoms with Gasteiger partial charge < -0.3 is 20.2 Å². The highest BCUT2D eigenvalue weighted by molar-refractivity contribution is 5.52. The number of aromatic nitrogens is 2. The molecular formula is C10H16N4O3. The third-order valence-corrected chi connectivity index (χ3v) is 2.98. The average Bonchev–Trinajstić information content (AvgIpc) is 2.89. The van der Waals surface area contributed by atoms with Gasteiger partial charge in [0, 0.05) is 13.7 Å². The van der Waals surface area contributed by atoms with E-state index in [9.17, 15) is 10.1 Å². The van der Waals surface area contributed by atoms with E-state index >= 15 is 0 Å². The Morgan fingerprint density at radius 3 is 3.12 bits per heavy atom. The van der Waals surface area contributed by atoms with E-state index in [2.05, 4.69) is 10.3 Å². The predicted octanol–water partition coefficient (Wildman–Crippen LogP) is 1.31. The van der Waals surface area contributed by atoms with Gasteiger partial charge in [-0.15, -0.1) is 0 Å². The smallest absolute Gasteiger partial charge is 0.376 e. The zero-order valence-corrected chi connectivity index (χ0v) is 9.92. The number of hydrogen-bond donors (Lipinski definition) is 1. The molecule has 2 atom stereocenters. The lowest BCUT2D eigenvalue weighted by atomic mass is 10.1. The van der Waals surface area contributed by atoms with E-state index in [0.717, 1.165) is 19.4 Å². The second-order valence-electron chi connectivity index (χ2n) is 4.27. The normalized spacial score (nSPS) is 21.4. The highest BCUT2D eigenvalue weighted by Gasteiger charge is 2.27. The van der Waals surface area contributed by atoms with Gasteiger partial charge in [-0.3, -0.25) is 4.57 Å². The maximum atomic E-state index is 10.8. The molecule has 2 heterocycles. The van der Waals surface area contributed by atoms with E-state index in [0.29, 0.717) is 5.82 Å². The number of aryl methyl sites for hydroxylation is 1. The van der Waals surface area contributed by atoms with Crippen LogP contribution in [0.2, 0.25) is 0 Å². The molecule has 0 aromatic carbocycles. The van der Waals surface area contributed by atoms with Crippen LogP contribution in [0.15, 0.2) is 6.33 Å². The first-order valence-corrected chi connectivity index (χ1v) is 5.63. The van der Waals surface area contributed by atoms with Crippen LogP contribution in [0.3, 0.4) is 0 Å². The second kappa shape index (κ2) is 4.70. The van der Waals surface area contributed by atoms with Crippen molar-refractivity contribution in [3.8, 4) is 0 Å². The Hall–Kier alpha value is -1.63. The lowest BCUT2D eigenvalue weighted by Crippen LogP contribution is -2.31. The summed E-state index contributed by atoms with van der Waals surface area (Å²) in [7, 11) is 1.73. The maximum Gasteiger partial charge on any atom is 0.406 e. The van der Waals surface area contributed by atoms with Crippen molar-refractivity contribution in [3.63, 3.8) is 0 Å². The molecule has 7 nitrogen and oxygen atoms in total.